The number of carbonyl (C=O) groups is 1. The second kappa shape index (κ2) is 5.75. The highest BCUT2D eigenvalue weighted by Crippen LogP contribution is 2.18. The molecule has 0 saturated heterocycles. The number of nitrogens with one attached hydrogen (secondary N) is 1. The molecule has 1 aliphatic rings. The van der Waals surface area contributed by atoms with Crippen molar-refractivity contribution < 1.29 is 14.6 Å². The van der Waals surface area contributed by atoms with Crippen LogP contribution in [0, 0.1) is 0 Å². The molecule has 0 aliphatic carbocycles. The average molecular weight is 213 g/mol. The van der Waals surface area contributed by atoms with E-state index in [1.165, 1.54) is 0 Å². The van der Waals surface area contributed by atoms with Crippen LogP contribution in [-0.4, -0.2) is 30.3 Å². The Bertz CT molecular complexity index is 261. The third-order valence-electron chi connectivity index (χ3n) is 2.53. The number of rotatable bonds is 4. The molecule has 1 unspecified atom stereocenters. The molecule has 1 amide bonds. The standard InChI is InChI=1S/C11H19NO3/c1-8(5-6-13)12-11(14)10-4-3-7-15-9(10)2/h8,13H,3-7H2,1-2H3,(H,12,14). The van der Waals surface area contributed by atoms with E-state index in [0.717, 1.165) is 24.2 Å². The Morgan fingerprint density at radius 3 is 3.00 bits per heavy atom. The molecule has 1 rings (SSSR count). The van der Waals surface area contributed by atoms with Gasteiger partial charge in [-0.3, -0.25) is 4.79 Å². The number of aliphatic hydroxyl groups is 1. The Balaban J connectivity index is 2.52. The number of amides is 1. The zero-order chi connectivity index (χ0) is 11.3. The molecular weight excluding hydrogens is 194 g/mol. The van der Waals surface area contributed by atoms with Crippen LogP contribution in [0.15, 0.2) is 11.3 Å². The Labute approximate surface area is 90.3 Å². The summed E-state index contributed by atoms with van der Waals surface area (Å²) < 4.78 is 5.32. The molecule has 4 nitrogen and oxygen atoms in total. The van der Waals surface area contributed by atoms with E-state index in [2.05, 4.69) is 5.32 Å². The van der Waals surface area contributed by atoms with E-state index in [0.29, 0.717) is 13.0 Å². The zero-order valence-corrected chi connectivity index (χ0v) is 9.38. The van der Waals surface area contributed by atoms with Gasteiger partial charge in [0.2, 0.25) is 0 Å². The second-order valence-electron chi connectivity index (χ2n) is 3.87. The van der Waals surface area contributed by atoms with Crippen LogP contribution in [0.1, 0.15) is 33.1 Å². The van der Waals surface area contributed by atoms with Gasteiger partial charge in [0.1, 0.15) is 5.76 Å². The predicted molar refractivity (Wildman–Crippen MR) is 57.2 cm³/mol. The van der Waals surface area contributed by atoms with Gasteiger partial charge in [-0.05, 0) is 33.1 Å². The number of carbonyl (C=O) groups excluding carboxylic acids is 1. The first kappa shape index (κ1) is 12.0. The summed E-state index contributed by atoms with van der Waals surface area (Å²) in [7, 11) is 0. The van der Waals surface area contributed by atoms with Gasteiger partial charge in [-0.25, -0.2) is 0 Å². The van der Waals surface area contributed by atoms with Gasteiger partial charge in [-0.2, -0.15) is 0 Å². The summed E-state index contributed by atoms with van der Waals surface area (Å²) >= 11 is 0. The Hall–Kier alpha value is -1.03. The van der Waals surface area contributed by atoms with Crippen LogP contribution in [0.25, 0.3) is 0 Å². The molecule has 1 aliphatic heterocycles. The van der Waals surface area contributed by atoms with Gasteiger partial charge in [0.05, 0.1) is 12.2 Å². The van der Waals surface area contributed by atoms with Crippen LogP contribution >= 0.6 is 0 Å². The molecule has 15 heavy (non-hydrogen) atoms. The first-order valence-electron chi connectivity index (χ1n) is 5.39. The largest absolute Gasteiger partial charge is 0.498 e. The van der Waals surface area contributed by atoms with E-state index < -0.39 is 0 Å². The maximum absolute atomic E-state index is 11.8. The van der Waals surface area contributed by atoms with Crippen molar-refractivity contribution in [1.82, 2.24) is 5.32 Å². The monoisotopic (exact) mass is 213 g/mol. The Kier molecular flexibility index (Phi) is 4.62. The summed E-state index contributed by atoms with van der Waals surface area (Å²) in [6, 6.07) is 0.00438. The highest BCUT2D eigenvalue weighted by atomic mass is 16.5. The van der Waals surface area contributed by atoms with Crippen molar-refractivity contribution in [3.8, 4) is 0 Å². The highest BCUT2D eigenvalue weighted by molar-refractivity contribution is 5.94. The van der Waals surface area contributed by atoms with E-state index in [4.69, 9.17) is 9.84 Å². The van der Waals surface area contributed by atoms with Crippen LogP contribution in [0.3, 0.4) is 0 Å². The summed E-state index contributed by atoms with van der Waals surface area (Å²) in [5.41, 5.74) is 0.742. The smallest absolute Gasteiger partial charge is 0.250 e. The minimum Gasteiger partial charge on any atom is -0.498 e. The Morgan fingerprint density at radius 1 is 1.67 bits per heavy atom. The fourth-order valence-corrected chi connectivity index (χ4v) is 1.59. The lowest BCUT2D eigenvalue weighted by molar-refractivity contribution is -0.118. The summed E-state index contributed by atoms with van der Waals surface area (Å²) in [5, 5.41) is 11.6. The molecule has 0 aromatic rings. The minimum atomic E-state index is -0.0619. The second-order valence-corrected chi connectivity index (χ2v) is 3.87. The van der Waals surface area contributed by atoms with E-state index in [1.807, 2.05) is 13.8 Å². The molecule has 0 saturated carbocycles. The summed E-state index contributed by atoms with van der Waals surface area (Å²) in [5.74, 6) is 0.670. The lowest BCUT2D eigenvalue weighted by Crippen LogP contribution is -2.35. The van der Waals surface area contributed by atoms with Gasteiger partial charge in [-0.15, -0.1) is 0 Å². The quantitative estimate of drug-likeness (QED) is 0.731. The van der Waals surface area contributed by atoms with Crippen LogP contribution in [-0.2, 0) is 9.53 Å². The predicted octanol–water partition coefficient (Wildman–Crippen LogP) is 0.958. The van der Waals surface area contributed by atoms with Crippen molar-refractivity contribution in [2.24, 2.45) is 0 Å². The van der Waals surface area contributed by atoms with Gasteiger partial charge in [0, 0.05) is 12.6 Å². The van der Waals surface area contributed by atoms with Gasteiger partial charge in [0.25, 0.3) is 5.91 Å². The third-order valence-corrected chi connectivity index (χ3v) is 2.53. The molecule has 4 heteroatoms. The van der Waals surface area contributed by atoms with Crippen molar-refractivity contribution in [2.75, 3.05) is 13.2 Å². The molecule has 0 radical (unpaired) electrons. The van der Waals surface area contributed by atoms with Crippen LogP contribution in [0.2, 0.25) is 0 Å². The molecule has 0 fully saturated rings. The van der Waals surface area contributed by atoms with Gasteiger partial charge in [0.15, 0.2) is 0 Å². The summed E-state index contributed by atoms with van der Waals surface area (Å²) in [6.07, 6.45) is 2.26. The number of hydrogen-bond donors (Lipinski definition) is 2. The Morgan fingerprint density at radius 2 is 2.40 bits per heavy atom. The number of hydrogen-bond acceptors (Lipinski definition) is 3. The van der Waals surface area contributed by atoms with Crippen molar-refractivity contribution >= 4 is 5.91 Å². The average Bonchev–Trinajstić information content (AvgIpc) is 2.18. The first-order valence-corrected chi connectivity index (χ1v) is 5.39. The van der Waals surface area contributed by atoms with Gasteiger partial charge < -0.3 is 15.2 Å². The van der Waals surface area contributed by atoms with Crippen LogP contribution < -0.4 is 5.32 Å². The maximum Gasteiger partial charge on any atom is 0.250 e. The van der Waals surface area contributed by atoms with Crippen LogP contribution in [0.4, 0.5) is 0 Å². The lowest BCUT2D eigenvalue weighted by atomic mass is 10.1. The topological polar surface area (TPSA) is 58.6 Å². The molecule has 0 bridgehead atoms. The molecule has 0 aromatic heterocycles. The van der Waals surface area contributed by atoms with Crippen molar-refractivity contribution in [3.05, 3.63) is 11.3 Å². The summed E-state index contributed by atoms with van der Waals surface area (Å²) in [6.45, 7) is 4.50. The fraction of sp³-hybridized carbons (Fsp3) is 0.727. The zero-order valence-electron chi connectivity index (χ0n) is 9.38. The van der Waals surface area contributed by atoms with Crippen molar-refractivity contribution in [3.63, 3.8) is 0 Å². The number of ether oxygens (including phenoxy) is 1. The molecule has 0 aromatic carbocycles. The van der Waals surface area contributed by atoms with E-state index >= 15 is 0 Å². The fourth-order valence-electron chi connectivity index (χ4n) is 1.59. The maximum atomic E-state index is 11.8. The van der Waals surface area contributed by atoms with E-state index in [1.54, 1.807) is 0 Å². The molecule has 0 spiro atoms. The van der Waals surface area contributed by atoms with Gasteiger partial charge >= 0.3 is 0 Å². The highest BCUT2D eigenvalue weighted by Gasteiger charge is 2.18. The van der Waals surface area contributed by atoms with Crippen molar-refractivity contribution in [1.29, 1.82) is 0 Å². The van der Waals surface area contributed by atoms with Gasteiger partial charge in [-0.1, -0.05) is 0 Å². The SMILES string of the molecule is CC1=C(C(=O)NC(C)CCO)CCCO1. The van der Waals surface area contributed by atoms with Crippen molar-refractivity contribution in [2.45, 2.75) is 39.2 Å². The summed E-state index contributed by atoms with van der Waals surface area (Å²) in [4.78, 5) is 11.8. The third kappa shape index (κ3) is 3.55. The molecule has 2 N–H and O–H groups in total. The van der Waals surface area contributed by atoms with E-state index in [-0.39, 0.29) is 18.6 Å². The molecular formula is C11H19NO3. The molecule has 1 atom stereocenters. The normalized spacial score (nSPS) is 18.3. The molecule has 86 valence electrons. The lowest BCUT2D eigenvalue weighted by Gasteiger charge is -2.20. The van der Waals surface area contributed by atoms with Crippen LogP contribution in [0.5, 0.6) is 0 Å². The number of allylic oxidation sites excluding steroid dienone is 1. The minimum absolute atomic E-state index is 0.00438. The van der Waals surface area contributed by atoms with E-state index in [9.17, 15) is 4.79 Å². The first-order chi connectivity index (χ1) is 7.15. The molecule has 1 heterocycles. The number of aliphatic hydroxyl groups excluding tert-OH is 1.